The van der Waals surface area contributed by atoms with Gasteiger partial charge in [0.2, 0.25) is 0 Å². The maximum atomic E-state index is 13.1. The molecule has 0 aliphatic heterocycles. The lowest BCUT2D eigenvalue weighted by Crippen LogP contribution is -2.26. The van der Waals surface area contributed by atoms with Crippen LogP contribution in [0.5, 0.6) is 5.75 Å². The molecule has 3 aromatic rings. The van der Waals surface area contributed by atoms with E-state index >= 15 is 0 Å². The summed E-state index contributed by atoms with van der Waals surface area (Å²) in [6, 6.07) is 11.2. The second-order valence-electron chi connectivity index (χ2n) is 10.3. The van der Waals surface area contributed by atoms with Crippen LogP contribution < -0.4 is 5.56 Å². The number of carbonyl (C=O) groups is 1. The van der Waals surface area contributed by atoms with Crippen LogP contribution in [-0.2, 0) is 22.6 Å². The van der Waals surface area contributed by atoms with E-state index in [9.17, 15) is 14.7 Å². The minimum atomic E-state index is -0.546. The van der Waals surface area contributed by atoms with Crippen molar-refractivity contribution in [2.75, 3.05) is 6.61 Å². The summed E-state index contributed by atoms with van der Waals surface area (Å²) >= 11 is 0. The lowest BCUT2D eigenvalue weighted by atomic mass is 9.77. The summed E-state index contributed by atoms with van der Waals surface area (Å²) in [5.74, 6) is -0.281. The molecule has 1 N–H and O–H groups in total. The van der Waals surface area contributed by atoms with Gasteiger partial charge in [-0.3, -0.25) is 4.79 Å². The van der Waals surface area contributed by atoms with Crippen molar-refractivity contribution in [3.8, 4) is 16.9 Å². The van der Waals surface area contributed by atoms with Crippen LogP contribution in [0.3, 0.4) is 0 Å². The summed E-state index contributed by atoms with van der Waals surface area (Å²) in [6.07, 6.45) is 0. The van der Waals surface area contributed by atoms with Crippen LogP contribution in [0.2, 0.25) is 0 Å². The lowest BCUT2D eigenvalue weighted by molar-refractivity contribution is 0.0515. The maximum absolute atomic E-state index is 13.1. The summed E-state index contributed by atoms with van der Waals surface area (Å²) in [7, 11) is 1.60. The Kier molecular flexibility index (Phi) is 5.98. The Hall–Kier alpha value is -3.08. The molecule has 1 heterocycles. The van der Waals surface area contributed by atoms with Gasteiger partial charge in [0, 0.05) is 29.1 Å². The average molecular weight is 436 g/mol. The Labute approximate surface area is 189 Å². The van der Waals surface area contributed by atoms with Gasteiger partial charge < -0.3 is 14.4 Å². The summed E-state index contributed by atoms with van der Waals surface area (Å²) < 4.78 is 6.72. The highest BCUT2D eigenvalue weighted by atomic mass is 16.5. The molecule has 0 unspecified atom stereocenters. The first kappa shape index (κ1) is 23.6. The van der Waals surface area contributed by atoms with E-state index in [1.54, 1.807) is 20.0 Å². The third kappa shape index (κ3) is 4.04. The highest BCUT2D eigenvalue weighted by molar-refractivity contribution is 6.06. The Bertz CT molecular complexity index is 1220. The van der Waals surface area contributed by atoms with Crippen LogP contribution >= 0.6 is 0 Å². The fourth-order valence-corrected chi connectivity index (χ4v) is 4.12. The molecule has 0 aliphatic rings. The maximum Gasteiger partial charge on any atom is 0.355 e. The molecule has 0 aliphatic carbocycles. The van der Waals surface area contributed by atoms with E-state index in [0.29, 0.717) is 16.3 Å². The molecule has 5 nitrogen and oxygen atoms in total. The van der Waals surface area contributed by atoms with E-state index in [0.717, 1.165) is 16.7 Å². The predicted molar refractivity (Wildman–Crippen MR) is 130 cm³/mol. The molecule has 0 saturated heterocycles. The van der Waals surface area contributed by atoms with Gasteiger partial charge in [-0.05, 0) is 46.9 Å². The monoisotopic (exact) mass is 435 g/mol. The number of hydrogen-bond acceptors (Lipinski definition) is 4. The lowest BCUT2D eigenvalue weighted by Gasteiger charge is -2.29. The first-order chi connectivity index (χ1) is 14.8. The number of phenolic OH excluding ortho intramolecular Hbond substituents is 1. The summed E-state index contributed by atoms with van der Waals surface area (Å²) in [4.78, 5) is 26.1. The van der Waals surface area contributed by atoms with Crippen molar-refractivity contribution in [3.05, 3.63) is 63.6 Å². The van der Waals surface area contributed by atoms with Gasteiger partial charge in [-0.25, -0.2) is 4.79 Å². The number of aromatic nitrogens is 1. The van der Waals surface area contributed by atoms with Crippen LogP contribution in [0.15, 0.2) is 41.2 Å². The molecule has 0 radical (unpaired) electrons. The standard InChI is InChI=1S/C27H33NO4/c1-9-32-25(31)22-21(17-12-10-11-13-18(17)24(30)28(22)8)16-14-19(26(2,3)4)23(29)20(15-16)27(5,6)7/h10-15,29H,9H2,1-8H3. The third-order valence-electron chi connectivity index (χ3n) is 5.79. The number of ether oxygens (including phenoxy) is 1. The number of pyridine rings is 1. The SMILES string of the molecule is CCOC(=O)c1c(-c2cc(C(C)(C)C)c(O)c(C(C)(C)C)c2)c2ccccc2c(=O)n1C. The minimum absolute atomic E-state index is 0.204. The number of phenols is 1. The Balaban J connectivity index is 2.57. The molecule has 0 atom stereocenters. The van der Waals surface area contributed by atoms with Gasteiger partial charge in [0.25, 0.3) is 5.56 Å². The highest BCUT2D eigenvalue weighted by Crippen LogP contribution is 2.43. The molecule has 2 aromatic carbocycles. The van der Waals surface area contributed by atoms with Crippen molar-refractivity contribution in [2.24, 2.45) is 7.05 Å². The molecular weight excluding hydrogens is 402 g/mol. The summed E-state index contributed by atoms with van der Waals surface area (Å²) in [5.41, 5.74) is 2.27. The Morgan fingerprint density at radius 3 is 1.94 bits per heavy atom. The van der Waals surface area contributed by atoms with Gasteiger partial charge in [-0.2, -0.15) is 0 Å². The molecule has 0 spiro atoms. The van der Waals surface area contributed by atoms with Crippen LogP contribution in [0, 0.1) is 0 Å². The van der Waals surface area contributed by atoms with E-state index < -0.39 is 5.97 Å². The average Bonchev–Trinajstić information content (AvgIpc) is 2.69. The van der Waals surface area contributed by atoms with Crippen LogP contribution in [0.4, 0.5) is 0 Å². The fraction of sp³-hybridized carbons (Fsp3) is 0.407. The Morgan fingerprint density at radius 1 is 0.969 bits per heavy atom. The molecular formula is C27H33NO4. The predicted octanol–water partition coefficient (Wildman–Crippen LogP) is 5.68. The largest absolute Gasteiger partial charge is 0.507 e. The van der Waals surface area contributed by atoms with Crippen LogP contribution in [0.1, 0.15) is 70.1 Å². The number of aromatic hydroxyl groups is 1. The molecule has 1 aromatic heterocycles. The smallest absolute Gasteiger partial charge is 0.355 e. The first-order valence-corrected chi connectivity index (χ1v) is 11.0. The molecule has 0 saturated carbocycles. The quantitative estimate of drug-likeness (QED) is 0.537. The topological polar surface area (TPSA) is 68.5 Å². The van der Waals surface area contributed by atoms with Crippen molar-refractivity contribution in [1.82, 2.24) is 4.57 Å². The molecule has 0 amide bonds. The Morgan fingerprint density at radius 2 is 1.47 bits per heavy atom. The van der Waals surface area contributed by atoms with Crippen molar-refractivity contribution >= 4 is 16.7 Å². The van der Waals surface area contributed by atoms with Crippen molar-refractivity contribution in [1.29, 1.82) is 0 Å². The highest BCUT2D eigenvalue weighted by Gasteiger charge is 2.29. The van der Waals surface area contributed by atoms with Crippen LogP contribution in [0.25, 0.3) is 21.9 Å². The first-order valence-electron chi connectivity index (χ1n) is 11.0. The summed E-state index contributed by atoms with van der Waals surface area (Å²) in [6.45, 7) is 14.2. The van der Waals surface area contributed by atoms with Crippen molar-refractivity contribution in [2.45, 2.75) is 59.3 Å². The molecule has 0 bridgehead atoms. The van der Waals surface area contributed by atoms with Gasteiger partial charge in [0.15, 0.2) is 0 Å². The number of rotatable bonds is 3. The fourth-order valence-electron chi connectivity index (χ4n) is 4.12. The second-order valence-corrected chi connectivity index (χ2v) is 10.3. The zero-order chi connectivity index (χ0) is 24.0. The normalized spacial score (nSPS) is 12.2. The number of fused-ring (bicyclic) bond motifs is 1. The third-order valence-corrected chi connectivity index (χ3v) is 5.79. The van der Waals surface area contributed by atoms with Gasteiger partial charge in [-0.1, -0.05) is 59.7 Å². The van der Waals surface area contributed by atoms with E-state index in [1.165, 1.54) is 4.57 Å². The van der Waals surface area contributed by atoms with E-state index in [4.69, 9.17) is 4.74 Å². The van der Waals surface area contributed by atoms with Crippen LogP contribution in [-0.4, -0.2) is 22.2 Å². The second kappa shape index (κ2) is 8.12. The zero-order valence-corrected chi connectivity index (χ0v) is 20.3. The molecule has 170 valence electrons. The van der Waals surface area contributed by atoms with E-state index in [2.05, 4.69) is 0 Å². The van der Waals surface area contributed by atoms with Crippen molar-refractivity contribution in [3.63, 3.8) is 0 Å². The summed E-state index contributed by atoms with van der Waals surface area (Å²) in [5, 5.41) is 12.4. The van der Waals surface area contributed by atoms with Gasteiger partial charge in [0.1, 0.15) is 11.4 Å². The van der Waals surface area contributed by atoms with E-state index in [-0.39, 0.29) is 34.4 Å². The molecule has 0 fully saturated rings. The number of nitrogens with zero attached hydrogens (tertiary/aromatic N) is 1. The van der Waals surface area contributed by atoms with E-state index in [1.807, 2.05) is 71.9 Å². The minimum Gasteiger partial charge on any atom is -0.507 e. The van der Waals surface area contributed by atoms with Gasteiger partial charge in [-0.15, -0.1) is 0 Å². The molecule has 5 heteroatoms. The van der Waals surface area contributed by atoms with Gasteiger partial charge in [0.05, 0.1) is 6.61 Å². The number of hydrogen-bond donors (Lipinski definition) is 1. The number of carbonyl (C=O) groups excluding carboxylic acids is 1. The number of benzene rings is 2. The van der Waals surface area contributed by atoms with Crippen molar-refractivity contribution < 1.29 is 14.6 Å². The molecule has 3 rings (SSSR count). The van der Waals surface area contributed by atoms with Gasteiger partial charge >= 0.3 is 5.97 Å². The zero-order valence-electron chi connectivity index (χ0n) is 20.3. The molecule has 32 heavy (non-hydrogen) atoms. The number of esters is 1.